The molecule has 2 aromatic rings. The Bertz CT molecular complexity index is 424. The van der Waals surface area contributed by atoms with Crippen LogP contribution >= 0.6 is 15.9 Å². The molecule has 2 aromatic heterocycles. The SMILES string of the molecule is Cc1ncn(-c2ccncc2Br)n1. The molecule has 0 aromatic carbocycles. The first-order valence-electron chi connectivity index (χ1n) is 3.75. The summed E-state index contributed by atoms with van der Waals surface area (Å²) in [4.78, 5) is 8.01. The fourth-order valence-electron chi connectivity index (χ4n) is 1.02. The molecule has 0 aliphatic heterocycles. The number of hydrogen-bond donors (Lipinski definition) is 0. The zero-order valence-electron chi connectivity index (χ0n) is 6.98. The Morgan fingerprint density at radius 1 is 1.46 bits per heavy atom. The third-order valence-corrected chi connectivity index (χ3v) is 2.22. The van der Waals surface area contributed by atoms with Gasteiger partial charge < -0.3 is 0 Å². The average Bonchev–Trinajstić information content (AvgIpc) is 2.53. The largest absolute Gasteiger partial charge is 0.263 e. The van der Waals surface area contributed by atoms with Crippen molar-refractivity contribution in [2.24, 2.45) is 0 Å². The van der Waals surface area contributed by atoms with Crippen LogP contribution in [0.2, 0.25) is 0 Å². The van der Waals surface area contributed by atoms with E-state index in [4.69, 9.17) is 0 Å². The van der Waals surface area contributed by atoms with E-state index < -0.39 is 0 Å². The van der Waals surface area contributed by atoms with Gasteiger partial charge in [0.25, 0.3) is 0 Å². The molecule has 4 nitrogen and oxygen atoms in total. The lowest BCUT2D eigenvalue weighted by Crippen LogP contribution is -1.96. The predicted octanol–water partition coefficient (Wildman–Crippen LogP) is 1.73. The number of halogens is 1. The van der Waals surface area contributed by atoms with E-state index in [-0.39, 0.29) is 0 Å². The number of nitrogens with zero attached hydrogens (tertiary/aromatic N) is 4. The Kier molecular flexibility index (Phi) is 2.10. The van der Waals surface area contributed by atoms with Gasteiger partial charge in [-0.05, 0) is 28.9 Å². The van der Waals surface area contributed by atoms with E-state index in [1.165, 1.54) is 0 Å². The molecule has 0 radical (unpaired) electrons. The van der Waals surface area contributed by atoms with Crippen molar-refractivity contribution >= 4 is 15.9 Å². The summed E-state index contributed by atoms with van der Waals surface area (Å²) in [5.41, 5.74) is 0.940. The lowest BCUT2D eigenvalue weighted by Gasteiger charge is -2.00. The van der Waals surface area contributed by atoms with Crippen molar-refractivity contribution in [3.8, 4) is 5.69 Å². The molecular formula is C8H7BrN4. The number of rotatable bonds is 1. The van der Waals surface area contributed by atoms with Crippen LogP contribution in [0, 0.1) is 6.92 Å². The average molecular weight is 239 g/mol. The van der Waals surface area contributed by atoms with Gasteiger partial charge in [0.2, 0.25) is 0 Å². The molecule has 0 bridgehead atoms. The molecule has 66 valence electrons. The summed E-state index contributed by atoms with van der Waals surface area (Å²) in [5.74, 6) is 0.753. The highest BCUT2D eigenvalue weighted by Crippen LogP contribution is 2.17. The van der Waals surface area contributed by atoms with Crippen LogP contribution in [0.3, 0.4) is 0 Å². The van der Waals surface area contributed by atoms with Crippen LogP contribution < -0.4 is 0 Å². The molecule has 0 aliphatic rings. The summed E-state index contributed by atoms with van der Waals surface area (Å²) in [6.45, 7) is 1.85. The zero-order valence-corrected chi connectivity index (χ0v) is 8.56. The second-order valence-corrected chi connectivity index (χ2v) is 3.42. The van der Waals surface area contributed by atoms with Crippen LogP contribution in [-0.2, 0) is 0 Å². The quantitative estimate of drug-likeness (QED) is 0.761. The van der Waals surface area contributed by atoms with Crippen LogP contribution in [0.25, 0.3) is 5.69 Å². The number of pyridine rings is 1. The smallest absolute Gasteiger partial charge is 0.147 e. The van der Waals surface area contributed by atoms with E-state index in [0.29, 0.717) is 0 Å². The molecule has 0 aliphatic carbocycles. The molecule has 0 saturated heterocycles. The van der Waals surface area contributed by atoms with Gasteiger partial charge in [-0.1, -0.05) is 0 Å². The molecule has 2 rings (SSSR count). The Morgan fingerprint density at radius 2 is 2.31 bits per heavy atom. The molecule has 2 heterocycles. The molecule has 0 atom stereocenters. The Morgan fingerprint density at radius 3 is 2.92 bits per heavy atom. The predicted molar refractivity (Wildman–Crippen MR) is 51.6 cm³/mol. The van der Waals surface area contributed by atoms with Crippen molar-refractivity contribution < 1.29 is 0 Å². The second-order valence-electron chi connectivity index (χ2n) is 2.56. The lowest BCUT2D eigenvalue weighted by atomic mass is 10.4. The van der Waals surface area contributed by atoms with Gasteiger partial charge in [0, 0.05) is 12.4 Å². The van der Waals surface area contributed by atoms with Crippen molar-refractivity contribution in [1.82, 2.24) is 19.7 Å². The van der Waals surface area contributed by atoms with Gasteiger partial charge in [0.15, 0.2) is 0 Å². The van der Waals surface area contributed by atoms with E-state index >= 15 is 0 Å². The minimum atomic E-state index is 0.753. The number of hydrogen-bond acceptors (Lipinski definition) is 3. The van der Waals surface area contributed by atoms with E-state index in [2.05, 4.69) is 31.0 Å². The van der Waals surface area contributed by atoms with E-state index in [9.17, 15) is 0 Å². The Balaban J connectivity index is 2.52. The molecule has 0 amide bonds. The highest BCUT2D eigenvalue weighted by atomic mass is 79.9. The van der Waals surface area contributed by atoms with Crippen LogP contribution in [0.15, 0.2) is 29.3 Å². The topological polar surface area (TPSA) is 43.6 Å². The Labute approximate surface area is 83.8 Å². The summed E-state index contributed by atoms with van der Waals surface area (Å²) in [5, 5.41) is 4.19. The van der Waals surface area contributed by atoms with Gasteiger partial charge in [-0.15, -0.1) is 0 Å². The fourth-order valence-corrected chi connectivity index (χ4v) is 1.45. The summed E-state index contributed by atoms with van der Waals surface area (Å²) >= 11 is 3.39. The molecule has 5 heteroatoms. The third kappa shape index (κ3) is 1.60. The molecule has 13 heavy (non-hydrogen) atoms. The normalized spacial score (nSPS) is 10.3. The number of aromatic nitrogens is 4. The van der Waals surface area contributed by atoms with Crippen molar-refractivity contribution in [2.75, 3.05) is 0 Å². The zero-order chi connectivity index (χ0) is 9.26. The van der Waals surface area contributed by atoms with Crippen LogP contribution in [0.4, 0.5) is 0 Å². The maximum Gasteiger partial charge on any atom is 0.147 e. The first-order valence-corrected chi connectivity index (χ1v) is 4.55. The summed E-state index contributed by atoms with van der Waals surface area (Å²) < 4.78 is 2.61. The van der Waals surface area contributed by atoms with Gasteiger partial charge in [-0.3, -0.25) is 4.98 Å². The summed E-state index contributed by atoms with van der Waals surface area (Å²) in [6, 6.07) is 1.87. The van der Waals surface area contributed by atoms with Gasteiger partial charge in [-0.2, -0.15) is 5.10 Å². The highest BCUT2D eigenvalue weighted by Gasteiger charge is 2.02. The van der Waals surface area contributed by atoms with Crippen molar-refractivity contribution in [3.63, 3.8) is 0 Å². The highest BCUT2D eigenvalue weighted by molar-refractivity contribution is 9.10. The molecule has 0 unspecified atom stereocenters. The van der Waals surface area contributed by atoms with Crippen LogP contribution in [0.1, 0.15) is 5.82 Å². The molecule has 0 spiro atoms. The summed E-state index contributed by atoms with van der Waals surface area (Å²) in [6.07, 6.45) is 5.12. The minimum absolute atomic E-state index is 0.753. The monoisotopic (exact) mass is 238 g/mol. The van der Waals surface area contributed by atoms with Gasteiger partial charge in [0.05, 0.1) is 10.2 Å². The molecule has 0 saturated carbocycles. The van der Waals surface area contributed by atoms with E-state index in [1.54, 1.807) is 23.4 Å². The second kappa shape index (κ2) is 3.26. The van der Waals surface area contributed by atoms with E-state index in [1.807, 2.05) is 13.0 Å². The Hall–Kier alpha value is -1.23. The lowest BCUT2D eigenvalue weighted by molar-refractivity contribution is 0.856. The van der Waals surface area contributed by atoms with E-state index in [0.717, 1.165) is 16.0 Å². The van der Waals surface area contributed by atoms with Crippen molar-refractivity contribution in [1.29, 1.82) is 0 Å². The first kappa shape index (κ1) is 8.37. The maximum absolute atomic E-state index is 4.19. The van der Waals surface area contributed by atoms with Gasteiger partial charge in [-0.25, -0.2) is 9.67 Å². The fraction of sp³-hybridized carbons (Fsp3) is 0.125. The van der Waals surface area contributed by atoms with Crippen LogP contribution in [-0.4, -0.2) is 19.7 Å². The standard InChI is InChI=1S/C8H7BrN4/c1-6-11-5-13(12-6)8-2-3-10-4-7(8)9/h2-5H,1H3. The maximum atomic E-state index is 4.19. The third-order valence-electron chi connectivity index (χ3n) is 1.60. The molecule has 0 fully saturated rings. The number of aryl methyl sites for hydroxylation is 1. The molecule has 0 N–H and O–H groups in total. The summed E-state index contributed by atoms with van der Waals surface area (Å²) in [7, 11) is 0. The minimum Gasteiger partial charge on any atom is -0.263 e. The van der Waals surface area contributed by atoms with Crippen LogP contribution in [0.5, 0.6) is 0 Å². The van der Waals surface area contributed by atoms with Crippen molar-refractivity contribution in [3.05, 3.63) is 35.1 Å². The first-order chi connectivity index (χ1) is 6.27. The van der Waals surface area contributed by atoms with Gasteiger partial charge in [0.1, 0.15) is 12.2 Å². The van der Waals surface area contributed by atoms with Crippen molar-refractivity contribution in [2.45, 2.75) is 6.92 Å². The van der Waals surface area contributed by atoms with Gasteiger partial charge >= 0.3 is 0 Å². The molecular weight excluding hydrogens is 232 g/mol.